The van der Waals surface area contributed by atoms with Gasteiger partial charge in [0.2, 0.25) is 5.91 Å². The van der Waals surface area contributed by atoms with Crippen LogP contribution in [0.5, 0.6) is 0 Å². The second kappa shape index (κ2) is 10.9. The van der Waals surface area contributed by atoms with Crippen molar-refractivity contribution in [1.29, 1.82) is 5.26 Å². The lowest BCUT2D eigenvalue weighted by Gasteiger charge is -2.32. The Balaban J connectivity index is 1.30. The molecule has 1 saturated carbocycles. The minimum absolute atomic E-state index is 0.199. The number of hydrogen-bond donors (Lipinski definition) is 2. The SMILES string of the molecule is N#CC(Cc1ccc(-c2cnn(CCN3CCOCC3)c2)cc1)NC(=O)C1(N)CCCCC1. The highest BCUT2D eigenvalue weighted by Gasteiger charge is 2.36. The van der Waals surface area contributed by atoms with Gasteiger partial charge in [-0.1, -0.05) is 43.5 Å². The van der Waals surface area contributed by atoms with E-state index in [9.17, 15) is 10.1 Å². The van der Waals surface area contributed by atoms with E-state index in [0.717, 1.165) is 75.3 Å². The van der Waals surface area contributed by atoms with Gasteiger partial charge in [0, 0.05) is 37.8 Å². The molecule has 2 aliphatic rings. The van der Waals surface area contributed by atoms with Gasteiger partial charge in [0.05, 0.1) is 37.6 Å². The highest BCUT2D eigenvalue weighted by molar-refractivity contribution is 5.86. The number of nitriles is 1. The van der Waals surface area contributed by atoms with E-state index in [-0.39, 0.29) is 5.91 Å². The van der Waals surface area contributed by atoms with Gasteiger partial charge in [0.1, 0.15) is 6.04 Å². The zero-order valence-corrected chi connectivity index (χ0v) is 19.2. The highest BCUT2D eigenvalue weighted by atomic mass is 16.5. The normalized spacial score (nSPS) is 19.5. The van der Waals surface area contributed by atoms with Crippen LogP contribution in [0.1, 0.15) is 37.7 Å². The molecule has 1 aliphatic carbocycles. The Labute approximate surface area is 195 Å². The van der Waals surface area contributed by atoms with Crippen LogP contribution in [0, 0.1) is 11.3 Å². The van der Waals surface area contributed by atoms with E-state index in [0.29, 0.717) is 19.3 Å². The minimum Gasteiger partial charge on any atom is -0.379 e. The molecule has 1 aliphatic heterocycles. The quantitative estimate of drug-likeness (QED) is 0.637. The molecule has 1 saturated heterocycles. The molecule has 176 valence electrons. The largest absolute Gasteiger partial charge is 0.379 e. The number of nitrogens with one attached hydrogen (secondary N) is 1. The van der Waals surface area contributed by atoms with Crippen molar-refractivity contribution in [2.45, 2.75) is 56.7 Å². The minimum atomic E-state index is -0.834. The first kappa shape index (κ1) is 23.4. The maximum Gasteiger partial charge on any atom is 0.241 e. The Morgan fingerprint density at radius 2 is 1.88 bits per heavy atom. The van der Waals surface area contributed by atoms with Crippen LogP contribution in [-0.4, -0.2) is 65.0 Å². The summed E-state index contributed by atoms with van der Waals surface area (Å²) in [5, 5.41) is 16.9. The molecule has 33 heavy (non-hydrogen) atoms. The van der Waals surface area contributed by atoms with E-state index < -0.39 is 11.6 Å². The van der Waals surface area contributed by atoms with Crippen molar-refractivity contribution < 1.29 is 9.53 Å². The molecular weight excluding hydrogens is 416 g/mol. The van der Waals surface area contributed by atoms with E-state index in [4.69, 9.17) is 10.5 Å². The number of nitrogens with zero attached hydrogens (tertiary/aromatic N) is 4. The third-order valence-electron chi connectivity index (χ3n) is 6.77. The average Bonchev–Trinajstić information content (AvgIpc) is 3.33. The van der Waals surface area contributed by atoms with Crippen LogP contribution >= 0.6 is 0 Å². The number of amides is 1. The zero-order chi connectivity index (χ0) is 23.1. The van der Waals surface area contributed by atoms with Crippen molar-refractivity contribution in [3.8, 4) is 17.2 Å². The molecule has 8 nitrogen and oxygen atoms in total. The summed E-state index contributed by atoms with van der Waals surface area (Å²) in [6.07, 6.45) is 8.83. The predicted molar refractivity (Wildman–Crippen MR) is 126 cm³/mol. The molecule has 1 aromatic heterocycles. The number of nitrogens with two attached hydrogens (primary N) is 1. The van der Waals surface area contributed by atoms with Gasteiger partial charge < -0.3 is 15.8 Å². The molecule has 0 spiro atoms. The summed E-state index contributed by atoms with van der Waals surface area (Å²) in [7, 11) is 0. The lowest BCUT2D eigenvalue weighted by molar-refractivity contribution is -0.127. The van der Waals surface area contributed by atoms with Crippen molar-refractivity contribution in [3.63, 3.8) is 0 Å². The summed E-state index contributed by atoms with van der Waals surface area (Å²) in [4.78, 5) is 15.1. The van der Waals surface area contributed by atoms with Gasteiger partial charge in [-0.25, -0.2) is 0 Å². The molecule has 0 bridgehead atoms. The number of morpholine rings is 1. The fourth-order valence-electron chi connectivity index (χ4n) is 4.61. The van der Waals surface area contributed by atoms with Gasteiger partial charge in [0.25, 0.3) is 0 Å². The van der Waals surface area contributed by atoms with E-state index in [1.165, 1.54) is 0 Å². The van der Waals surface area contributed by atoms with E-state index in [2.05, 4.69) is 27.6 Å². The molecule has 2 heterocycles. The van der Waals surface area contributed by atoms with Crippen molar-refractivity contribution in [1.82, 2.24) is 20.0 Å². The first-order chi connectivity index (χ1) is 16.1. The number of benzene rings is 1. The van der Waals surface area contributed by atoms with Gasteiger partial charge >= 0.3 is 0 Å². The lowest BCUT2D eigenvalue weighted by atomic mass is 9.81. The molecule has 1 atom stereocenters. The maximum atomic E-state index is 12.7. The van der Waals surface area contributed by atoms with Gasteiger partial charge in [-0.3, -0.25) is 14.4 Å². The molecule has 3 N–H and O–H groups in total. The summed E-state index contributed by atoms with van der Waals surface area (Å²) < 4.78 is 7.38. The Morgan fingerprint density at radius 3 is 2.58 bits per heavy atom. The number of carbonyl (C=O) groups is 1. The smallest absolute Gasteiger partial charge is 0.241 e. The molecule has 8 heteroatoms. The van der Waals surface area contributed by atoms with Gasteiger partial charge in [-0.15, -0.1) is 0 Å². The van der Waals surface area contributed by atoms with Gasteiger partial charge in [0.15, 0.2) is 0 Å². The molecule has 4 rings (SSSR count). The van der Waals surface area contributed by atoms with E-state index >= 15 is 0 Å². The van der Waals surface area contributed by atoms with Crippen molar-refractivity contribution in [2.24, 2.45) is 5.73 Å². The van der Waals surface area contributed by atoms with E-state index in [1.54, 1.807) is 0 Å². The Hall–Kier alpha value is -2.73. The van der Waals surface area contributed by atoms with Gasteiger partial charge in [-0.05, 0) is 24.0 Å². The van der Waals surface area contributed by atoms with E-state index in [1.807, 2.05) is 35.1 Å². The number of aromatic nitrogens is 2. The Morgan fingerprint density at radius 1 is 1.15 bits per heavy atom. The number of rotatable bonds is 8. The molecule has 2 fully saturated rings. The third-order valence-corrected chi connectivity index (χ3v) is 6.77. The van der Waals surface area contributed by atoms with Crippen molar-refractivity contribution >= 4 is 5.91 Å². The van der Waals surface area contributed by atoms with Crippen molar-refractivity contribution in [2.75, 3.05) is 32.8 Å². The second-order valence-corrected chi connectivity index (χ2v) is 9.22. The average molecular weight is 451 g/mol. The van der Waals surface area contributed by atoms with Gasteiger partial charge in [-0.2, -0.15) is 10.4 Å². The molecule has 0 radical (unpaired) electrons. The standard InChI is InChI=1S/C25H34N6O2/c26-17-23(29-24(32)25(27)8-2-1-3-9-25)16-20-4-6-21(7-5-20)22-18-28-31(19-22)11-10-30-12-14-33-15-13-30/h4-7,18-19,23H,1-3,8-16,27H2,(H,29,32). The molecule has 2 aromatic rings. The van der Waals surface area contributed by atoms with Crippen LogP contribution in [0.2, 0.25) is 0 Å². The summed E-state index contributed by atoms with van der Waals surface area (Å²) >= 11 is 0. The summed E-state index contributed by atoms with van der Waals surface area (Å²) in [5.74, 6) is -0.199. The maximum absolute atomic E-state index is 12.7. The first-order valence-electron chi connectivity index (χ1n) is 12.0. The Kier molecular flexibility index (Phi) is 7.76. The fraction of sp³-hybridized carbons (Fsp3) is 0.560. The van der Waals surface area contributed by atoms with Crippen LogP contribution in [0.25, 0.3) is 11.1 Å². The number of hydrogen-bond acceptors (Lipinski definition) is 6. The highest BCUT2D eigenvalue weighted by Crippen LogP contribution is 2.26. The number of ether oxygens (including phenoxy) is 1. The predicted octanol–water partition coefficient (Wildman–Crippen LogP) is 2.09. The summed E-state index contributed by atoms with van der Waals surface area (Å²) in [5.41, 5.74) is 8.62. The summed E-state index contributed by atoms with van der Waals surface area (Å²) in [6.45, 7) is 5.39. The van der Waals surface area contributed by atoms with Crippen molar-refractivity contribution in [3.05, 3.63) is 42.2 Å². The van der Waals surface area contributed by atoms with Crippen LogP contribution in [0.4, 0.5) is 0 Å². The topological polar surface area (TPSA) is 109 Å². The van der Waals surface area contributed by atoms with Crippen LogP contribution in [-0.2, 0) is 22.5 Å². The van der Waals surface area contributed by atoms with Crippen LogP contribution < -0.4 is 11.1 Å². The molecule has 1 unspecified atom stereocenters. The van der Waals surface area contributed by atoms with Crippen LogP contribution in [0.15, 0.2) is 36.7 Å². The molecular formula is C25H34N6O2. The lowest BCUT2D eigenvalue weighted by Crippen LogP contribution is -2.57. The Bertz CT molecular complexity index is 952. The first-order valence-corrected chi connectivity index (χ1v) is 12.0. The third kappa shape index (κ3) is 6.20. The molecule has 1 amide bonds. The number of carbonyl (C=O) groups excluding carboxylic acids is 1. The summed E-state index contributed by atoms with van der Waals surface area (Å²) in [6, 6.07) is 9.73. The monoisotopic (exact) mass is 450 g/mol. The molecule has 1 aromatic carbocycles. The van der Waals surface area contributed by atoms with Crippen LogP contribution in [0.3, 0.4) is 0 Å². The zero-order valence-electron chi connectivity index (χ0n) is 19.2. The second-order valence-electron chi connectivity index (χ2n) is 9.22. The fourth-order valence-corrected chi connectivity index (χ4v) is 4.61.